The summed E-state index contributed by atoms with van der Waals surface area (Å²) in [5.74, 6) is 0. The highest BCUT2D eigenvalue weighted by Gasteiger charge is 2.39. The van der Waals surface area contributed by atoms with Crippen LogP contribution in [0.1, 0.15) is 41.5 Å². The monoisotopic (exact) mass is 640 g/mol. The van der Waals surface area contributed by atoms with E-state index in [1.807, 2.05) is 56.7 Å². The number of hydrogen-bond acceptors (Lipinski definition) is 5. The zero-order valence-electron chi connectivity index (χ0n) is 24.8. The molecule has 5 rings (SSSR count). The van der Waals surface area contributed by atoms with Gasteiger partial charge in [0.25, 0.3) is 0 Å². The normalized spacial score (nSPS) is 13.4. The number of hydrogen-bond donors (Lipinski definition) is 0. The van der Waals surface area contributed by atoms with Crippen molar-refractivity contribution in [2.24, 2.45) is 0 Å². The highest BCUT2D eigenvalue weighted by atomic mass is 32.1. The maximum absolute atomic E-state index is 2.51. The third-order valence-electron chi connectivity index (χ3n) is 8.98. The largest absolute Gasteiger partial charge is 0.144 e. The zero-order chi connectivity index (χ0) is 28.4. The smallest absolute Gasteiger partial charge is 0.0987 e. The van der Waals surface area contributed by atoms with E-state index in [4.69, 9.17) is 0 Å². The summed E-state index contributed by atoms with van der Waals surface area (Å²) in [7, 11) is -2.99. The minimum Gasteiger partial charge on any atom is -0.144 e. The van der Waals surface area contributed by atoms with Crippen molar-refractivity contribution in [3.63, 3.8) is 0 Å². The summed E-state index contributed by atoms with van der Waals surface area (Å²) < 4.78 is 3.21. The van der Waals surface area contributed by atoms with E-state index in [1.165, 1.54) is 39.0 Å². The Morgan fingerprint density at radius 1 is 0.359 bits per heavy atom. The number of thiophene rings is 5. The Hall–Kier alpha value is -1.07. The van der Waals surface area contributed by atoms with Gasteiger partial charge in [0.1, 0.15) is 0 Å². The first-order valence-corrected chi connectivity index (χ1v) is 23.7. The molecule has 0 aliphatic rings. The molecular formula is C32H40S5Si2. The maximum Gasteiger partial charge on any atom is 0.0987 e. The quantitative estimate of drug-likeness (QED) is 0.162. The summed E-state index contributed by atoms with van der Waals surface area (Å²) in [4.78, 5) is 11.1. The molecule has 0 unspecified atom stereocenters. The van der Waals surface area contributed by atoms with E-state index in [1.54, 1.807) is 9.00 Å². The SMILES string of the molecule is CC(C)(C)[Si](C)(C)c1ccc(-c2ccc(-c3ccc(-c4ccc(-c5ccc([Si](C)(C)C(C)(C)C)s5)s4)s3)s2)s1. The Morgan fingerprint density at radius 3 is 0.795 bits per heavy atom. The molecule has 0 radical (unpaired) electrons. The van der Waals surface area contributed by atoms with Gasteiger partial charge >= 0.3 is 0 Å². The summed E-state index contributed by atoms with van der Waals surface area (Å²) in [6.45, 7) is 24.5. The van der Waals surface area contributed by atoms with Crippen LogP contribution in [-0.2, 0) is 0 Å². The Labute approximate surface area is 257 Å². The van der Waals surface area contributed by atoms with E-state index in [9.17, 15) is 0 Å². The standard InChI is InChI=1S/C32H40S5Si2/c1-31(2,3)38(7,8)29-19-17-27(36-29)25-15-13-23(34-25)21-11-12-22(33-21)24-14-16-26(35-24)28-18-20-30(37-28)39(9,10)32(4,5)6/h11-20H,1-10H3. The molecule has 0 saturated carbocycles. The van der Waals surface area contributed by atoms with Crippen LogP contribution in [0.4, 0.5) is 0 Å². The Kier molecular flexibility index (Phi) is 7.80. The molecule has 0 atom stereocenters. The molecule has 5 heterocycles. The van der Waals surface area contributed by atoms with Crippen molar-refractivity contribution < 1.29 is 0 Å². The molecule has 206 valence electrons. The van der Waals surface area contributed by atoms with Gasteiger partial charge in [-0.1, -0.05) is 79.9 Å². The van der Waals surface area contributed by atoms with Crippen LogP contribution in [0, 0.1) is 0 Å². The van der Waals surface area contributed by atoms with E-state index in [2.05, 4.69) is 128 Å². The molecular weight excluding hydrogens is 601 g/mol. The lowest BCUT2D eigenvalue weighted by molar-refractivity contribution is 0.730. The summed E-state index contributed by atoms with van der Waals surface area (Å²) in [6.07, 6.45) is 0. The first-order valence-electron chi connectivity index (χ1n) is 13.6. The summed E-state index contributed by atoms with van der Waals surface area (Å²) in [5, 5.41) is 0.725. The Balaban J connectivity index is 1.34. The van der Waals surface area contributed by atoms with Crippen molar-refractivity contribution in [1.82, 2.24) is 0 Å². The third-order valence-corrected chi connectivity index (χ3v) is 28.8. The summed E-state index contributed by atoms with van der Waals surface area (Å²) in [5.41, 5.74) is 0. The average molecular weight is 641 g/mol. The molecule has 0 aliphatic carbocycles. The van der Waals surface area contributed by atoms with Crippen molar-refractivity contribution in [3.05, 3.63) is 60.7 Å². The molecule has 5 aromatic heterocycles. The van der Waals surface area contributed by atoms with Gasteiger partial charge in [-0.05, 0) is 67.6 Å². The topological polar surface area (TPSA) is 0 Å². The molecule has 0 bridgehead atoms. The molecule has 0 amide bonds. The molecule has 7 heteroatoms. The van der Waals surface area contributed by atoms with Gasteiger partial charge in [0.05, 0.1) is 16.1 Å². The van der Waals surface area contributed by atoms with Gasteiger partial charge < -0.3 is 0 Å². The summed E-state index contributed by atoms with van der Waals surface area (Å²) in [6, 6.07) is 23.4. The lowest BCUT2D eigenvalue weighted by Gasteiger charge is -2.35. The lowest BCUT2D eigenvalue weighted by atomic mass is 10.2. The molecule has 0 saturated heterocycles. The van der Waals surface area contributed by atoms with Gasteiger partial charge in [-0.25, -0.2) is 0 Å². The van der Waals surface area contributed by atoms with Gasteiger partial charge in [-0.3, -0.25) is 0 Å². The summed E-state index contributed by atoms with van der Waals surface area (Å²) >= 11 is 9.82. The van der Waals surface area contributed by atoms with Gasteiger partial charge in [-0.15, -0.1) is 56.7 Å². The molecule has 5 aromatic rings. The number of rotatable bonds is 6. The third kappa shape index (κ3) is 5.57. The fraction of sp³-hybridized carbons (Fsp3) is 0.375. The molecule has 0 fully saturated rings. The van der Waals surface area contributed by atoms with Gasteiger partial charge in [-0.2, -0.15) is 0 Å². The van der Waals surface area contributed by atoms with Crippen LogP contribution < -0.4 is 9.00 Å². The predicted octanol–water partition coefficient (Wildman–Crippen LogP) is 12.1. The van der Waals surface area contributed by atoms with Crippen molar-refractivity contribution in [2.75, 3.05) is 0 Å². The fourth-order valence-corrected chi connectivity index (χ4v) is 16.1. The fourth-order valence-electron chi connectivity index (χ4n) is 4.16. The molecule has 0 aromatic carbocycles. The van der Waals surface area contributed by atoms with E-state index < -0.39 is 16.1 Å². The lowest BCUT2D eigenvalue weighted by Crippen LogP contribution is -2.47. The van der Waals surface area contributed by atoms with Crippen LogP contribution in [0.3, 0.4) is 0 Å². The van der Waals surface area contributed by atoms with Crippen LogP contribution in [-0.4, -0.2) is 16.1 Å². The second-order valence-electron chi connectivity index (χ2n) is 13.6. The van der Waals surface area contributed by atoms with E-state index >= 15 is 0 Å². The second-order valence-corrected chi connectivity index (χ2v) is 30.3. The highest BCUT2D eigenvalue weighted by Crippen LogP contribution is 2.45. The first-order chi connectivity index (χ1) is 18.1. The molecule has 0 aliphatic heterocycles. The minimum atomic E-state index is -1.49. The molecule has 0 spiro atoms. The van der Waals surface area contributed by atoms with Crippen molar-refractivity contribution in [1.29, 1.82) is 0 Å². The van der Waals surface area contributed by atoms with Crippen LogP contribution in [0.5, 0.6) is 0 Å². The molecule has 0 N–H and O–H groups in total. The predicted molar refractivity (Wildman–Crippen MR) is 191 cm³/mol. The van der Waals surface area contributed by atoms with Crippen LogP contribution in [0.15, 0.2) is 60.7 Å². The van der Waals surface area contributed by atoms with Crippen LogP contribution >= 0.6 is 56.7 Å². The van der Waals surface area contributed by atoms with E-state index in [0.29, 0.717) is 10.1 Å². The van der Waals surface area contributed by atoms with Crippen LogP contribution in [0.2, 0.25) is 36.3 Å². The Bertz CT molecular complexity index is 1470. The molecule has 0 nitrogen and oxygen atoms in total. The van der Waals surface area contributed by atoms with E-state index in [0.717, 1.165) is 0 Å². The maximum atomic E-state index is 2.51. The van der Waals surface area contributed by atoms with Gasteiger partial charge in [0.15, 0.2) is 0 Å². The minimum absolute atomic E-state index is 0.362. The van der Waals surface area contributed by atoms with Crippen molar-refractivity contribution in [2.45, 2.75) is 77.8 Å². The highest BCUT2D eigenvalue weighted by molar-refractivity contribution is 7.33. The zero-order valence-corrected chi connectivity index (χ0v) is 30.9. The van der Waals surface area contributed by atoms with E-state index in [-0.39, 0.29) is 0 Å². The van der Waals surface area contributed by atoms with Gasteiger partial charge in [0.2, 0.25) is 0 Å². The van der Waals surface area contributed by atoms with Crippen molar-refractivity contribution >= 4 is 81.8 Å². The average Bonchev–Trinajstić information content (AvgIpc) is 3.66. The Morgan fingerprint density at radius 2 is 0.564 bits per heavy atom. The van der Waals surface area contributed by atoms with Crippen LogP contribution in [0.25, 0.3) is 39.0 Å². The molecule has 39 heavy (non-hydrogen) atoms. The van der Waals surface area contributed by atoms with Crippen molar-refractivity contribution in [3.8, 4) is 39.0 Å². The van der Waals surface area contributed by atoms with Gasteiger partial charge in [0, 0.05) is 39.0 Å². The second kappa shape index (κ2) is 10.3. The first kappa shape index (κ1) is 29.4.